The van der Waals surface area contributed by atoms with Crippen LogP contribution in [0.2, 0.25) is 0 Å². The van der Waals surface area contributed by atoms with E-state index in [0.717, 1.165) is 0 Å². The van der Waals surface area contributed by atoms with Crippen molar-refractivity contribution in [2.75, 3.05) is 0 Å². The standard InChI is InChI=1S/C11HF20N/c12-2(13)1-3(14,15)5(18,19)7(22,23)11(30,31)32(1)9(26,6(20,21)4(2,16)17)8(24,25)10(27,28)29/h1H. The number of nitrogens with zero attached hydrogens (tertiary/aromatic N) is 1. The molecule has 190 valence electrons. The van der Waals surface area contributed by atoms with Gasteiger partial charge in [-0.1, -0.05) is 0 Å². The Morgan fingerprint density at radius 3 is 1.09 bits per heavy atom. The summed E-state index contributed by atoms with van der Waals surface area (Å²) in [5, 5.41) is 0. The minimum Gasteiger partial charge on any atom is -0.212 e. The van der Waals surface area contributed by atoms with Gasteiger partial charge in [-0.05, 0) is 0 Å². The predicted molar refractivity (Wildman–Crippen MR) is 55.1 cm³/mol. The van der Waals surface area contributed by atoms with Gasteiger partial charge in [0.15, 0.2) is 6.04 Å². The van der Waals surface area contributed by atoms with E-state index in [1.165, 1.54) is 0 Å². The Balaban J connectivity index is 3.20. The third-order valence-corrected chi connectivity index (χ3v) is 4.77. The SMILES string of the molecule is FC(F)(F)C(F)(F)C1(F)N2C(C(F)(F)C(F)(F)C(F)(F)C2(F)F)C(F)(F)C(F)(F)C1(F)F. The fourth-order valence-corrected chi connectivity index (χ4v) is 3.08. The number of rotatable bonds is 1. The van der Waals surface area contributed by atoms with E-state index in [2.05, 4.69) is 0 Å². The maximum Gasteiger partial charge on any atom is 0.458 e. The normalized spacial score (nSPS) is 36.9. The Bertz CT molecular complexity index is 784. The van der Waals surface area contributed by atoms with Crippen molar-refractivity contribution < 1.29 is 87.8 Å². The maximum absolute atomic E-state index is 14.5. The summed E-state index contributed by atoms with van der Waals surface area (Å²) in [4.78, 5) is -4.33. The van der Waals surface area contributed by atoms with Crippen LogP contribution in [0.15, 0.2) is 0 Å². The van der Waals surface area contributed by atoms with Gasteiger partial charge < -0.3 is 0 Å². The molecule has 2 aliphatic heterocycles. The Morgan fingerprint density at radius 2 is 0.781 bits per heavy atom. The molecule has 32 heavy (non-hydrogen) atoms. The van der Waals surface area contributed by atoms with Gasteiger partial charge in [-0.3, -0.25) is 0 Å². The molecule has 2 saturated heterocycles. The molecule has 0 radical (unpaired) electrons. The van der Waals surface area contributed by atoms with Crippen molar-refractivity contribution in [1.82, 2.24) is 4.90 Å². The monoisotopic (exact) mass is 527 g/mol. The van der Waals surface area contributed by atoms with Crippen molar-refractivity contribution in [2.24, 2.45) is 0 Å². The van der Waals surface area contributed by atoms with E-state index in [1.807, 2.05) is 0 Å². The third-order valence-electron chi connectivity index (χ3n) is 4.77. The summed E-state index contributed by atoms with van der Waals surface area (Å²) < 4.78 is 269. The molecule has 21 heteroatoms. The first-order chi connectivity index (χ1) is 13.5. The molecule has 0 spiro atoms. The molecule has 2 atom stereocenters. The van der Waals surface area contributed by atoms with Crippen molar-refractivity contribution >= 4 is 0 Å². The molecule has 2 rings (SSSR count). The molecular formula is C11HF20N. The fourth-order valence-electron chi connectivity index (χ4n) is 3.08. The molecule has 2 unspecified atom stereocenters. The second-order valence-corrected chi connectivity index (χ2v) is 6.55. The van der Waals surface area contributed by atoms with Crippen LogP contribution in [0.3, 0.4) is 0 Å². The van der Waals surface area contributed by atoms with E-state index >= 15 is 0 Å². The van der Waals surface area contributed by atoms with Gasteiger partial charge in [0.1, 0.15) is 0 Å². The average molecular weight is 527 g/mol. The largest absolute Gasteiger partial charge is 0.458 e. The third kappa shape index (κ3) is 2.23. The molecule has 0 saturated carbocycles. The molecule has 2 heterocycles. The summed E-state index contributed by atoms with van der Waals surface area (Å²) in [6.45, 7) is 0. The van der Waals surface area contributed by atoms with E-state index in [4.69, 9.17) is 0 Å². The lowest BCUT2D eigenvalue weighted by atomic mass is 9.72. The van der Waals surface area contributed by atoms with Crippen LogP contribution in [0.5, 0.6) is 0 Å². The van der Waals surface area contributed by atoms with Crippen LogP contribution >= 0.6 is 0 Å². The summed E-state index contributed by atoms with van der Waals surface area (Å²) >= 11 is 0. The first-order valence-corrected chi connectivity index (χ1v) is 7.06. The molecule has 0 aromatic carbocycles. The summed E-state index contributed by atoms with van der Waals surface area (Å²) in [6.07, 6.45) is -8.11. The molecule has 0 N–H and O–H groups in total. The molecule has 0 aliphatic carbocycles. The second kappa shape index (κ2) is 5.78. The highest BCUT2D eigenvalue weighted by Gasteiger charge is 3.05. The molecule has 2 aliphatic rings. The zero-order valence-electron chi connectivity index (χ0n) is 13.6. The quantitative estimate of drug-likeness (QED) is 0.301. The van der Waals surface area contributed by atoms with E-state index in [9.17, 15) is 87.8 Å². The van der Waals surface area contributed by atoms with Gasteiger partial charge in [-0.25, -0.2) is 4.39 Å². The van der Waals surface area contributed by atoms with Crippen molar-refractivity contribution in [3.8, 4) is 0 Å². The van der Waals surface area contributed by atoms with Crippen LogP contribution in [-0.4, -0.2) is 70.4 Å². The van der Waals surface area contributed by atoms with E-state index in [-0.39, 0.29) is 0 Å². The topological polar surface area (TPSA) is 3.24 Å². The van der Waals surface area contributed by atoms with Gasteiger partial charge in [-0.2, -0.15) is 88.3 Å². The number of hydrogen-bond acceptors (Lipinski definition) is 1. The van der Waals surface area contributed by atoms with E-state index < -0.39 is 70.4 Å². The highest BCUT2D eigenvalue weighted by atomic mass is 19.4. The van der Waals surface area contributed by atoms with Gasteiger partial charge in [-0.15, -0.1) is 0 Å². The van der Waals surface area contributed by atoms with Crippen molar-refractivity contribution in [1.29, 1.82) is 0 Å². The van der Waals surface area contributed by atoms with Gasteiger partial charge in [0.05, 0.1) is 0 Å². The smallest absolute Gasteiger partial charge is 0.212 e. The van der Waals surface area contributed by atoms with Crippen LogP contribution in [0.1, 0.15) is 0 Å². The summed E-state index contributed by atoms with van der Waals surface area (Å²) in [5.74, 6) is -65.9. The first-order valence-electron chi connectivity index (χ1n) is 7.06. The lowest BCUT2D eigenvalue weighted by molar-refractivity contribution is -0.555. The fraction of sp³-hybridized carbons (Fsp3) is 1.00. The summed E-state index contributed by atoms with van der Waals surface area (Å²) in [5.41, 5.74) is 0. The first kappa shape index (κ1) is 26.8. The number of fused-ring (bicyclic) bond motifs is 1. The minimum absolute atomic E-state index is 4.33. The van der Waals surface area contributed by atoms with E-state index in [0.29, 0.717) is 0 Å². The van der Waals surface area contributed by atoms with Crippen LogP contribution < -0.4 is 0 Å². The van der Waals surface area contributed by atoms with Gasteiger partial charge >= 0.3 is 59.5 Å². The minimum atomic E-state index is -8.58. The Labute approximate surface area is 159 Å². The molecule has 1 nitrogen and oxygen atoms in total. The van der Waals surface area contributed by atoms with Gasteiger partial charge in [0, 0.05) is 0 Å². The van der Waals surface area contributed by atoms with Crippen LogP contribution in [0.4, 0.5) is 87.8 Å². The molecule has 0 aromatic heterocycles. The highest BCUT2D eigenvalue weighted by molar-refractivity contribution is 5.30. The van der Waals surface area contributed by atoms with E-state index in [1.54, 1.807) is 0 Å². The summed E-state index contributed by atoms with van der Waals surface area (Å²) in [6, 6.07) is -15.0. The second-order valence-electron chi connectivity index (χ2n) is 6.55. The molecule has 2 fully saturated rings. The molecule has 0 amide bonds. The van der Waals surface area contributed by atoms with Crippen molar-refractivity contribution in [2.45, 2.75) is 65.5 Å². The summed E-state index contributed by atoms with van der Waals surface area (Å²) in [7, 11) is 0. The number of hydrogen-bond donors (Lipinski definition) is 0. The van der Waals surface area contributed by atoms with Crippen LogP contribution in [-0.2, 0) is 0 Å². The zero-order chi connectivity index (χ0) is 26.2. The van der Waals surface area contributed by atoms with Crippen LogP contribution in [0.25, 0.3) is 0 Å². The number of piperidine rings is 2. The van der Waals surface area contributed by atoms with Crippen molar-refractivity contribution in [3.63, 3.8) is 0 Å². The highest BCUT2D eigenvalue weighted by Crippen LogP contribution is 2.74. The Kier molecular flexibility index (Phi) is 4.85. The molecular weight excluding hydrogens is 526 g/mol. The van der Waals surface area contributed by atoms with Gasteiger partial charge in [0.25, 0.3) is 0 Å². The lowest BCUT2D eigenvalue weighted by Gasteiger charge is -2.63. The number of halogens is 20. The Morgan fingerprint density at radius 1 is 0.469 bits per heavy atom. The predicted octanol–water partition coefficient (Wildman–Crippen LogP) is 5.95. The van der Waals surface area contributed by atoms with Crippen LogP contribution in [0, 0.1) is 0 Å². The lowest BCUT2D eigenvalue weighted by Crippen LogP contribution is -2.95. The molecule has 0 bridgehead atoms. The van der Waals surface area contributed by atoms with Gasteiger partial charge in [0.2, 0.25) is 0 Å². The zero-order valence-corrected chi connectivity index (χ0v) is 13.6. The Hall–Kier alpha value is -1.44. The maximum atomic E-state index is 14.5. The number of alkyl halides is 20. The molecule has 0 aromatic rings. The van der Waals surface area contributed by atoms with Crippen molar-refractivity contribution in [3.05, 3.63) is 0 Å². The average Bonchev–Trinajstić information content (AvgIpc) is 2.54.